The Labute approximate surface area is 567 Å². The largest absolute Gasteiger partial charge is 0.508 e. The number of rotatable bonds is 22. The Balaban J connectivity index is 0.000000193. The molecular weight excluding hydrogens is 1250 g/mol. The zero-order valence-corrected chi connectivity index (χ0v) is 55.1. The predicted molar refractivity (Wildman–Crippen MR) is 378 cm³/mol. The summed E-state index contributed by atoms with van der Waals surface area (Å²) >= 11 is 0. The van der Waals surface area contributed by atoms with E-state index in [0.717, 1.165) is 54.2 Å². The normalized spacial score (nSPS) is 10.3. The number of ether oxygens (including phenoxy) is 8. The number of phenolic OH excluding ortho intramolecular Hbond substituents is 6. The molecule has 0 aromatic heterocycles. The van der Waals surface area contributed by atoms with Crippen LogP contribution in [0, 0.1) is 0 Å². The van der Waals surface area contributed by atoms with E-state index in [0.29, 0.717) is 68.9 Å². The number of hydrogen-bond donors (Lipinski definition) is 6. The molecule has 0 bridgehead atoms. The molecular formula is C79H78O19. The van der Waals surface area contributed by atoms with Gasteiger partial charge < -0.3 is 68.5 Å². The lowest BCUT2D eigenvalue weighted by atomic mass is 10.0. The van der Waals surface area contributed by atoms with E-state index in [1.54, 1.807) is 107 Å². The van der Waals surface area contributed by atoms with Gasteiger partial charge in [-0.05, 0) is 105 Å². The molecule has 19 nitrogen and oxygen atoms in total. The Hall–Kier alpha value is -12.3. The Morgan fingerprint density at radius 2 is 0.592 bits per heavy atom. The van der Waals surface area contributed by atoms with Crippen molar-refractivity contribution < 1.29 is 92.5 Å². The molecule has 0 heterocycles. The molecule has 0 aliphatic carbocycles. The predicted octanol–water partition coefficient (Wildman–Crippen LogP) is 15.2. The van der Waals surface area contributed by atoms with Gasteiger partial charge in [-0.3, -0.25) is 0 Å². The van der Waals surface area contributed by atoms with Crippen LogP contribution >= 0.6 is 0 Å². The monoisotopic (exact) mass is 1330 g/mol. The van der Waals surface area contributed by atoms with Crippen molar-refractivity contribution in [1.82, 2.24) is 0 Å². The molecule has 98 heavy (non-hydrogen) atoms. The molecule has 0 unspecified atom stereocenters. The van der Waals surface area contributed by atoms with E-state index >= 15 is 0 Å². The highest BCUT2D eigenvalue weighted by Gasteiger charge is 2.14. The molecule has 0 radical (unpaired) electrons. The molecule has 0 spiro atoms. The molecule has 0 atom stereocenters. The molecule has 0 saturated heterocycles. The van der Waals surface area contributed by atoms with Crippen LogP contribution in [-0.4, -0.2) is 107 Å². The summed E-state index contributed by atoms with van der Waals surface area (Å²) in [5, 5.41) is 66.1. The molecule has 0 amide bonds. The van der Waals surface area contributed by atoms with Crippen LogP contribution in [0.2, 0.25) is 0 Å². The minimum absolute atomic E-state index is 0.0239. The van der Waals surface area contributed by atoms with Crippen LogP contribution in [0.3, 0.4) is 0 Å². The number of aromatic hydroxyl groups is 6. The van der Waals surface area contributed by atoms with E-state index in [2.05, 4.69) is 32.9 Å². The fraction of sp³-hybridized carbons (Fsp3) is 0.177. The zero-order valence-electron chi connectivity index (χ0n) is 55.1. The second-order valence-corrected chi connectivity index (χ2v) is 22.0. The summed E-state index contributed by atoms with van der Waals surface area (Å²) in [6, 6.07) is 51.2. The Kier molecular flexibility index (Phi) is 28.2. The third kappa shape index (κ3) is 21.9. The minimum Gasteiger partial charge on any atom is -0.508 e. The summed E-state index contributed by atoms with van der Waals surface area (Å²) in [5.41, 5.74) is 3.73. The number of carbonyl (C=O) groups excluding carboxylic acids is 5. The van der Waals surface area contributed by atoms with Gasteiger partial charge in [-0.2, -0.15) is 0 Å². The van der Waals surface area contributed by atoms with E-state index in [4.69, 9.17) is 37.9 Å². The minimum atomic E-state index is -0.466. The summed E-state index contributed by atoms with van der Waals surface area (Å²) in [6.45, 7) is 27.1. The standard InChI is InChI=1S/C16H16O5.2C16H16O4.C16H16O3.C15H14O3/c1-10(2)16(19)21-7-6-20-15-5-3-4-12-13(15)8-11(17)9-14(12)18;1-11(2)16(18)20-10-9-19-15-8-4-5-12-13(15)6-3-7-14(12)17;1-11(2)16(18)20-10-9-19-15-8-7-14(17)12-5-3-4-6-13(12)15;1-11(2)16(18)19-10-9-12-5-3-7-14-13(12)6-4-8-15(14)17;1-10(2)15(17)18-9-11-5-3-7-13-12(11)6-4-8-14(13)16/h3-5,8-9,17-18H,1,6-7H2,2H3;2*3-8,17H,1,9-10H2,2H3;3-8,17H,1,9-10H2,2H3;3-8,16H,1,9H2,2H3. The average molecular weight is 1330 g/mol. The molecule has 10 aromatic carbocycles. The van der Waals surface area contributed by atoms with E-state index in [1.165, 1.54) is 12.1 Å². The van der Waals surface area contributed by atoms with Gasteiger partial charge in [-0.15, -0.1) is 0 Å². The van der Waals surface area contributed by atoms with Gasteiger partial charge in [0.05, 0.1) is 6.61 Å². The van der Waals surface area contributed by atoms with Crippen molar-refractivity contribution in [3.05, 3.63) is 248 Å². The first-order chi connectivity index (χ1) is 46.9. The molecule has 10 aromatic rings. The molecule has 19 heteroatoms. The van der Waals surface area contributed by atoms with Crippen molar-refractivity contribution in [2.45, 2.75) is 47.6 Å². The lowest BCUT2D eigenvalue weighted by Crippen LogP contribution is -2.12. The summed E-state index contributed by atoms with van der Waals surface area (Å²) in [5.74, 6) is 0.506. The van der Waals surface area contributed by atoms with Crippen molar-refractivity contribution in [3.63, 3.8) is 0 Å². The summed E-state index contributed by atoms with van der Waals surface area (Å²) in [4.78, 5) is 56.3. The summed E-state index contributed by atoms with van der Waals surface area (Å²) in [7, 11) is 0. The quantitative estimate of drug-likeness (QED) is 0.0159. The molecule has 0 aliphatic rings. The van der Waals surface area contributed by atoms with Crippen molar-refractivity contribution in [2.24, 2.45) is 0 Å². The van der Waals surface area contributed by atoms with Gasteiger partial charge in [0.15, 0.2) is 0 Å². The second kappa shape index (κ2) is 37.0. The van der Waals surface area contributed by atoms with E-state index in [9.17, 15) is 54.6 Å². The molecule has 508 valence electrons. The smallest absolute Gasteiger partial charge is 0.333 e. The van der Waals surface area contributed by atoms with Crippen LogP contribution in [0.1, 0.15) is 45.7 Å². The van der Waals surface area contributed by atoms with Crippen LogP contribution in [0.5, 0.6) is 51.7 Å². The highest BCUT2D eigenvalue weighted by atomic mass is 16.6. The highest BCUT2D eigenvalue weighted by molar-refractivity contribution is 5.97. The van der Waals surface area contributed by atoms with Crippen molar-refractivity contribution in [2.75, 3.05) is 46.2 Å². The van der Waals surface area contributed by atoms with Gasteiger partial charge >= 0.3 is 29.8 Å². The van der Waals surface area contributed by atoms with Gasteiger partial charge in [0.2, 0.25) is 0 Å². The number of fused-ring (bicyclic) bond motifs is 5. The maximum atomic E-state index is 11.3. The molecule has 6 N–H and O–H groups in total. The maximum Gasteiger partial charge on any atom is 0.333 e. The number of carbonyl (C=O) groups is 5. The first-order valence-corrected chi connectivity index (χ1v) is 30.6. The first-order valence-electron chi connectivity index (χ1n) is 30.6. The summed E-state index contributed by atoms with van der Waals surface area (Å²) < 4.78 is 41.7. The number of benzene rings is 10. The van der Waals surface area contributed by atoms with E-state index < -0.39 is 23.9 Å². The van der Waals surface area contributed by atoms with Crippen LogP contribution < -0.4 is 14.2 Å². The lowest BCUT2D eigenvalue weighted by Gasteiger charge is -2.11. The van der Waals surface area contributed by atoms with E-state index in [-0.39, 0.29) is 86.7 Å². The van der Waals surface area contributed by atoms with Gasteiger partial charge in [-0.1, -0.05) is 154 Å². The fourth-order valence-corrected chi connectivity index (χ4v) is 9.15. The Morgan fingerprint density at radius 1 is 0.286 bits per heavy atom. The van der Waals surface area contributed by atoms with Gasteiger partial charge in [0.1, 0.15) is 98.0 Å². The third-order valence-corrected chi connectivity index (χ3v) is 14.0. The van der Waals surface area contributed by atoms with E-state index in [1.807, 2.05) is 91.0 Å². The second-order valence-electron chi connectivity index (χ2n) is 22.0. The molecule has 10 rings (SSSR count). The Bertz CT molecular complexity index is 4490. The fourth-order valence-electron chi connectivity index (χ4n) is 9.15. The molecule has 0 fully saturated rings. The van der Waals surface area contributed by atoms with Crippen molar-refractivity contribution >= 4 is 83.7 Å². The van der Waals surface area contributed by atoms with Crippen LogP contribution in [0.15, 0.2) is 237 Å². The highest BCUT2D eigenvalue weighted by Crippen LogP contribution is 2.37. The topological polar surface area (TPSA) is 281 Å². The van der Waals surface area contributed by atoms with Gasteiger partial charge in [0, 0.05) is 83.4 Å². The molecule has 0 saturated carbocycles. The molecule has 0 aliphatic heterocycles. The number of esters is 5. The zero-order chi connectivity index (χ0) is 71.4. The van der Waals surface area contributed by atoms with Crippen LogP contribution in [0.25, 0.3) is 53.9 Å². The maximum absolute atomic E-state index is 11.3. The third-order valence-electron chi connectivity index (χ3n) is 14.0. The van der Waals surface area contributed by atoms with Crippen molar-refractivity contribution in [3.8, 4) is 51.7 Å². The Morgan fingerprint density at radius 3 is 1.04 bits per heavy atom. The van der Waals surface area contributed by atoms with Crippen LogP contribution in [-0.2, 0) is 60.7 Å². The van der Waals surface area contributed by atoms with Crippen LogP contribution in [0.4, 0.5) is 0 Å². The number of hydrogen-bond acceptors (Lipinski definition) is 19. The summed E-state index contributed by atoms with van der Waals surface area (Å²) in [6.07, 6.45) is 0.611. The van der Waals surface area contributed by atoms with Gasteiger partial charge in [-0.25, -0.2) is 24.0 Å². The van der Waals surface area contributed by atoms with Crippen molar-refractivity contribution in [1.29, 1.82) is 0 Å². The number of phenols is 6. The lowest BCUT2D eigenvalue weighted by molar-refractivity contribution is -0.140. The van der Waals surface area contributed by atoms with Gasteiger partial charge in [0.25, 0.3) is 0 Å². The first kappa shape index (κ1) is 74.8. The SMILES string of the molecule is C=C(C)C(=O)OCCOc1ccc(O)c2ccccc12.C=C(C)C(=O)OCCOc1cccc2c(O)cc(O)cc12.C=C(C)C(=O)OCCOc1cccc2c(O)cccc12.C=C(C)C(=O)OCCc1cccc2c(O)cccc12.C=C(C)C(=O)OCc1cccc2c(O)cccc12. The average Bonchev–Trinajstić information content (AvgIpc) is 0.833.